The van der Waals surface area contributed by atoms with Crippen molar-refractivity contribution in [2.45, 2.75) is 25.3 Å². The second-order valence-electron chi connectivity index (χ2n) is 4.50. The highest BCUT2D eigenvalue weighted by Crippen LogP contribution is 2.39. The monoisotopic (exact) mass is 243 g/mol. The van der Waals surface area contributed by atoms with E-state index in [4.69, 9.17) is 9.79 Å². The van der Waals surface area contributed by atoms with Gasteiger partial charge in [0, 0.05) is 6.42 Å². The molecule has 1 atom stereocenters. The van der Waals surface area contributed by atoms with E-state index >= 15 is 0 Å². The Morgan fingerprint density at radius 1 is 1.36 bits per heavy atom. The lowest BCUT2D eigenvalue weighted by molar-refractivity contribution is -0.917. The molecule has 1 fully saturated rings. The first-order valence-electron chi connectivity index (χ1n) is 4.68. The number of piperidine rings is 1. The summed E-state index contributed by atoms with van der Waals surface area (Å²) in [5.41, 5.74) is 0. The number of rotatable bonds is 2. The molecule has 0 bridgehead atoms. The van der Waals surface area contributed by atoms with Crippen molar-refractivity contribution in [1.29, 1.82) is 0 Å². The van der Waals surface area contributed by atoms with Crippen LogP contribution in [0.5, 0.6) is 0 Å². The Bertz CT molecular complexity index is 229. The number of quaternary nitrogens is 1. The Labute approximate surface area is 91.5 Å². The third-order valence-corrected chi connectivity index (χ3v) is 3.86. The maximum atomic E-state index is 10.9. The highest BCUT2D eigenvalue weighted by molar-refractivity contribution is 7.51. The first kappa shape index (κ1) is 14.4. The van der Waals surface area contributed by atoms with Gasteiger partial charge in [-0.3, -0.25) is 4.57 Å². The molecule has 0 saturated carbocycles. The van der Waals surface area contributed by atoms with Gasteiger partial charge in [-0.15, -0.1) is 0 Å². The molecule has 1 aliphatic heterocycles. The van der Waals surface area contributed by atoms with Crippen LogP contribution in [-0.2, 0) is 4.57 Å². The van der Waals surface area contributed by atoms with E-state index in [-0.39, 0.29) is 24.6 Å². The van der Waals surface area contributed by atoms with Crippen molar-refractivity contribution in [3.63, 3.8) is 0 Å². The summed E-state index contributed by atoms with van der Waals surface area (Å²) in [6.07, 6.45) is 3.26. The van der Waals surface area contributed by atoms with Crippen LogP contribution in [0.1, 0.15) is 19.3 Å². The van der Waals surface area contributed by atoms with Crippen molar-refractivity contribution in [3.8, 4) is 0 Å². The lowest BCUT2D eigenvalue weighted by atomic mass is 10.0. The Morgan fingerprint density at radius 2 is 1.93 bits per heavy atom. The zero-order valence-electron chi connectivity index (χ0n) is 8.69. The van der Waals surface area contributed by atoms with E-state index in [1.807, 2.05) is 0 Å². The van der Waals surface area contributed by atoms with Gasteiger partial charge in [0.1, 0.15) is 12.2 Å². The molecule has 0 aromatic rings. The number of nitrogens with zero attached hydrogens (tertiary/aromatic N) is 1. The molecular weight excluding hydrogens is 225 g/mol. The molecule has 1 rings (SSSR count). The summed E-state index contributed by atoms with van der Waals surface area (Å²) in [4.78, 5) is 17.8. The third-order valence-electron chi connectivity index (χ3n) is 2.96. The number of hydrogen-bond acceptors (Lipinski definition) is 1. The van der Waals surface area contributed by atoms with Crippen LogP contribution in [-0.4, -0.2) is 47.1 Å². The molecule has 0 aromatic heterocycles. The lowest BCUT2D eigenvalue weighted by Crippen LogP contribution is -3.00. The van der Waals surface area contributed by atoms with Crippen LogP contribution in [0.15, 0.2) is 0 Å². The van der Waals surface area contributed by atoms with Crippen molar-refractivity contribution in [1.82, 2.24) is 0 Å². The Balaban J connectivity index is 0.00000169. The quantitative estimate of drug-likeness (QED) is 0.428. The molecule has 2 N–H and O–H groups in total. The molecule has 4 nitrogen and oxygen atoms in total. The fraction of sp³-hybridized carbons (Fsp3) is 1.00. The Hall–Kier alpha value is 0.400. The van der Waals surface area contributed by atoms with Gasteiger partial charge in [-0.25, -0.2) is 0 Å². The van der Waals surface area contributed by atoms with Gasteiger partial charge in [-0.05, 0) is 12.8 Å². The molecule has 0 radical (unpaired) electrons. The molecule has 1 heterocycles. The maximum Gasteiger partial charge on any atom is 0.331 e. The molecule has 86 valence electrons. The summed E-state index contributed by atoms with van der Waals surface area (Å²) in [6.45, 7) is 1.03. The SMILES string of the molecule is C[N+]1(C)CCCCC1CP(=O)(O)O.[Cl-]. The van der Waals surface area contributed by atoms with Crippen LogP contribution in [0, 0.1) is 0 Å². The van der Waals surface area contributed by atoms with Crippen LogP contribution in [0.3, 0.4) is 0 Å². The second kappa shape index (κ2) is 4.95. The largest absolute Gasteiger partial charge is 1.00 e. The van der Waals surface area contributed by atoms with E-state index in [0.29, 0.717) is 0 Å². The highest BCUT2D eigenvalue weighted by Gasteiger charge is 2.36. The minimum Gasteiger partial charge on any atom is -1.00 e. The molecule has 1 saturated heterocycles. The third kappa shape index (κ3) is 4.28. The van der Waals surface area contributed by atoms with Crippen molar-refractivity contribution in [2.24, 2.45) is 0 Å². The number of likely N-dealkylation sites (tertiary alicyclic amines) is 1. The molecule has 6 heteroatoms. The van der Waals surface area contributed by atoms with E-state index in [1.54, 1.807) is 0 Å². The van der Waals surface area contributed by atoms with E-state index in [0.717, 1.165) is 23.9 Å². The summed E-state index contributed by atoms with van der Waals surface area (Å²) in [5.74, 6) is 0. The fourth-order valence-electron chi connectivity index (χ4n) is 2.02. The zero-order valence-corrected chi connectivity index (χ0v) is 10.3. The van der Waals surface area contributed by atoms with Crippen molar-refractivity contribution < 1.29 is 31.2 Å². The summed E-state index contributed by atoms with van der Waals surface area (Å²) in [5, 5.41) is 0. The van der Waals surface area contributed by atoms with E-state index in [9.17, 15) is 4.57 Å². The van der Waals surface area contributed by atoms with Crippen LogP contribution in [0.25, 0.3) is 0 Å². The van der Waals surface area contributed by atoms with Crippen molar-refractivity contribution >= 4 is 7.60 Å². The first-order chi connectivity index (χ1) is 5.81. The Morgan fingerprint density at radius 3 is 2.36 bits per heavy atom. The normalized spacial score (nSPS) is 26.7. The lowest BCUT2D eigenvalue weighted by Gasteiger charge is -2.41. The van der Waals surface area contributed by atoms with E-state index < -0.39 is 7.60 Å². The van der Waals surface area contributed by atoms with Crippen LogP contribution in [0.2, 0.25) is 0 Å². The molecule has 0 amide bonds. The van der Waals surface area contributed by atoms with E-state index in [1.165, 1.54) is 6.42 Å². The average molecular weight is 244 g/mol. The summed E-state index contributed by atoms with van der Waals surface area (Å²) >= 11 is 0. The number of halogens is 1. The minimum atomic E-state index is -3.83. The van der Waals surface area contributed by atoms with Gasteiger partial charge in [-0.2, -0.15) is 0 Å². The minimum absolute atomic E-state index is 0. The summed E-state index contributed by atoms with van der Waals surface area (Å²) in [6, 6.07) is 0.134. The van der Waals surface area contributed by atoms with Gasteiger partial charge in [0.2, 0.25) is 0 Å². The summed E-state index contributed by atoms with van der Waals surface area (Å²) < 4.78 is 11.6. The van der Waals surface area contributed by atoms with Gasteiger partial charge < -0.3 is 26.7 Å². The fourth-order valence-corrected chi connectivity index (χ4v) is 3.19. The molecule has 0 aliphatic carbocycles. The van der Waals surface area contributed by atoms with Crippen molar-refractivity contribution in [2.75, 3.05) is 26.8 Å². The molecule has 0 aromatic carbocycles. The summed E-state index contributed by atoms with van der Waals surface area (Å²) in [7, 11) is 0.280. The van der Waals surface area contributed by atoms with Gasteiger partial charge in [0.05, 0.1) is 20.6 Å². The predicted octanol–water partition coefficient (Wildman–Crippen LogP) is -2.20. The topological polar surface area (TPSA) is 57.5 Å². The van der Waals surface area contributed by atoms with E-state index in [2.05, 4.69) is 14.1 Å². The van der Waals surface area contributed by atoms with Crippen LogP contribution < -0.4 is 12.4 Å². The zero-order chi connectivity index (χ0) is 10.1. The van der Waals surface area contributed by atoms with Gasteiger partial charge in [0.15, 0.2) is 0 Å². The van der Waals surface area contributed by atoms with Crippen LogP contribution >= 0.6 is 7.60 Å². The molecule has 0 spiro atoms. The highest BCUT2D eigenvalue weighted by atomic mass is 35.5. The Kier molecular flexibility index (Phi) is 5.09. The predicted molar refractivity (Wildman–Crippen MR) is 51.5 cm³/mol. The van der Waals surface area contributed by atoms with Gasteiger partial charge >= 0.3 is 7.60 Å². The molecule has 1 aliphatic rings. The average Bonchev–Trinajstić information content (AvgIpc) is 1.91. The smallest absolute Gasteiger partial charge is 0.331 e. The maximum absolute atomic E-state index is 10.9. The standard InChI is InChI=1S/C8H18NO3P.ClH/c1-9(2)6-4-3-5-8(9)7-13(10,11)12;/h8H,3-7H2,1-2H3,(H-,10,11,12);1H. The van der Waals surface area contributed by atoms with Gasteiger partial charge in [-0.1, -0.05) is 0 Å². The molecule has 14 heavy (non-hydrogen) atoms. The number of hydrogen-bond donors (Lipinski definition) is 2. The molecular formula is C8H19ClNO3P. The first-order valence-corrected chi connectivity index (χ1v) is 6.48. The second-order valence-corrected chi connectivity index (χ2v) is 6.19. The van der Waals surface area contributed by atoms with Gasteiger partial charge in [0.25, 0.3) is 0 Å². The van der Waals surface area contributed by atoms with Crippen molar-refractivity contribution in [3.05, 3.63) is 0 Å². The van der Waals surface area contributed by atoms with Crippen LogP contribution in [0.4, 0.5) is 0 Å². The molecule has 1 unspecified atom stereocenters.